The van der Waals surface area contributed by atoms with Gasteiger partial charge in [-0.05, 0) is 18.9 Å². The first-order chi connectivity index (χ1) is 8.50. The number of anilines is 1. The summed E-state index contributed by atoms with van der Waals surface area (Å²) in [5.74, 6) is -0.731. The minimum Gasteiger partial charge on any atom is -0.341 e. The summed E-state index contributed by atoms with van der Waals surface area (Å²) in [4.78, 5) is 10.1. The van der Waals surface area contributed by atoms with Gasteiger partial charge < -0.3 is 10.6 Å². The minimum atomic E-state index is -4.09. The number of hydrogen-bond donors (Lipinski definition) is 1. The molecule has 2 N–H and O–H groups in total. The molecular formula is C11H15F3N4. The molecule has 0 bridgehead atoms. The molecule has 1 saturated heterocycles. The van der Waals surface area contributed by atoms with Crippen LogP contribution in [0.1, 0.15) is 18.5 Å². The van der Waals surface area contributed by atoms with E-state index in [0.717, 1.165) is 0 Å². The maximum Gasteiger partial charge on any atom is 0.391 e. The second-order valence-corrected chi connectivity index (χ2v) is 4.36. The van der Waals surface area contributed by atoms with Crippen molar-refractivity contribution in [2.45, 2.75) is 25.6 Å². The lowest BCUT2D eigenvalue weighted by molar-refractivity contribution is -0.179. The number of alkyl halides is 3. The lowest BCUT2D eigenvalue weighted by atomic mass is 9.96. The Morgan fingerprint density at radius 2 is 2.00 bits per heavy atom. The molecule has 1 fully saturated rings. The smallest absolute Gasteiger partial charge is 0.341 e. The Hall–Kier alpha value is -1.37. The number of piperidine rings is 1. The van der Waals surface area contributed by atoms with Gasteiger partial charge in [0, 0.05) is 25.8 Å². The first-order valence-corrected chi connectivity index (χ1v) is 5.84. The van der Waals surface area contributed by atoms with Crippen LogP contribution in [0.4, 0.5) is 19.1 Å². The van der Waals surface area contributed by atoms with Gasteiger partial charge in [0.15, 0.2) is 0 Å². The molecule has 1 aromatic heterocycles. The van der Waals surface area contributed by atoms with Gasteiger partial charge in [-0.3, -0.25) is 0 Å². The summed E-state index contributed by atoms with van der Waals surface area (Å²) in [6.07, 6.45) is -2.31. The summed E-state index contributed by atoms with van der Waals surface area (Å²) in [5, 5.41) is 0. The number of hydrogen-bond acceptors (Lipinski definition) is 4. The average Bonchev–Trinajstić information content (AvgIpc) is 2.38. The Morgan fingerprint density at radius 1 is 1.33 bits per heavy atom. The monoisotopic (exact) mass is 260 g/mol. The molecule has 0 spiro atoms. The second-order valence-electron chi connectivity index (χ2n) is 4.36. The summed E-state index contributed by atoms with van der Waals surface area (Å²) in [6.45, 7) is 0.963. The number of halogens is 3. The molecule has 2 rings (SSSR count). The van der Waals surface area contributed by atoms with Crippen molar-refractivity contribution < 1.29 is 13.2 Å². The standard InChI is InChI=1S/C11H15F3N4/c12-11(13,14)8-2-5-18(6-3-8)10-16-4-1-9(7-15)17-10/h1,4,8H,2-3,5-7,15H2. The average molecular weight is 260 g/mol. The molecule has 0 aromatic carbocycles. The van der Waals surface area contributed by atoms with Crippen LogP contribution in [0, 0.1) is 5.92 Å². The lowest BCUT2D eigenvalue weighted by Crippen LogP contribution is -2.39. The van der Waals surface area contributed by atoms with Gasteiger partial charge in [0.2, 0.25) is 5.95 Å². The Kier molecular flexibility index (Phi) is 3.70. The van der Waals surface area contributed by atoms with Crippen molar-refractivity contribution in [1.29, 1.82) is 0 Å². The van der Waals surface area contributed by atoms with E-state index in [0.29, 0.717) is 31.3 Å². The van der Waals surface area contributed by atoms with Crippen molar-refractivity contribution in [2.24, 2.45) is 11.7 Å². The fraction of sp³-hybridized carbons (Fsp3) is 0.636. The predicted molar refractivity (Wildman–Crippen MR) is 60.9 cm³/mol. The van der Waals surface area contributed by atoms with Crippen molar-refractivity contribution in [1.82, 2.24) is 9.97 Å². The maximum atomic E-state index is 12.5. The molecule has 0 saturated carbocycles. The van der Waals surface area contributed by atoms with Crippen molar-refractivity contribution in [2.75, 3.05) is 18.0 Å². The topological polar surface area (TPSA) is 55.0 Å². The summed E-state index contributed by atoms with van der Waals surface area (Å²) < 4.78 is 37.6. The number of nitrogens with zero attached hydrogens (tertiary/aromatic N) is 3. The quantitative estimate of drug-likeness (QED) is 0.879. The molecule has 1 aliphatic heterocycles. The van der Waals surface area contributed by atoms with Gasteiger partial charge in [-0.1, -0.05) is 0 Å². The van der Waals surface area contributed by atoms with Gasteiger partial charge >= 0.3 is 6.18 Å². The summed E-state index contributed by atoms with van der Waals surface area (Å²) in [5.41, 5.74) is 6.16. The van der Waals surface area contributed by atoms with Crippen molar-refractivity contribution in [3.05, 3.63) is 18.0 Å². The molecule has 0 unspecified atom stereocenters. The van der Waals surface area contributed by atoms with Crippen LogP contribution in [0.15, 0.2) is 12.3 Å². The van der Waals surface area contributed by atoms with E-state index in [1.807, 2.05) is 0 Å². The van der Waals surface area contributed by atoms with Crippen LogP contribution >= 0.6 is 0 Å². The van der Waals surface area contributed by atoms with Crippen LogP contribution in [0.25, 0.3) is 0 Å². The fourth-order valence-corrected chi connectivity index (χ4v) is 2.06. The highest BCUT2D eigenvalue weighted by molar-refractivity contribution is 5.30. The predicted octanol–water partition coefficient (Wildman–Crippen LogP) is 1.71. The molecule has 2 heterocycles. The van der Waals surface area contributed by atoms with E-state index in [1.165, 1.54) is 0 Å². The highest BCUT2D eigenvalue weighted by atomic mass is 19.4. The van der Waals surface area contributed by atoms with E-state index in [2.05, 4.69) is 9.97 Å². The molecule has 0 atom stereocenters. The zero-order valence-corrected chi connectivity index (χ0v) is 9.82. The first-order valence-electron chi connectivity index (χ1n) is 5.84. The molecule has 1 aromatic rings. The van der Waals surface area contributed by atoms with Crippen LogP contribution in [0.3, 0.4) is 0 Å². The Balaban J connectivity index is 2.01. The zero-order valence-electron chi connectivity index (χ0n) is 9.82. The third kappa shape index (κ3) is 2.90. The fourth-order valence-electron chi connectivity index (χ4n) is 2.06. The first kappa shape index (κ1) is 13.1. The van der Waals surface area contributed by atoms with E-state index < -0.39 is 12.1 Å². The van der Waals surface area contributed by atoms with E-state index in [1.54, 1.807) is 17.2 Å². The van der Waals surface area contributed by atoms with Crippen molar-refractivity contribution in [3.8, 4) is 0 Å². The van der Waals surface area contributed by atoms with Gasteiger partial charge in [0.1, 0.15) is 0 Å². The van der Waals surface area contributed by atoms with E-state index in [-0.39, 0.29) is 12.8 Å². The van der Waals surface area contributed by atoms with Crippen LogP contribution in [-0.2, 0) is 6.54 Å². The molecular weight excluding hydrogens is 245 g/mol. The molecule has 1 aliphatic rings. The highest BCUT2D eigenvalue weighted by Crippen LogP contribution is 2.34. The molecule has 100 valence electrons. The van der Waals surface area contributed by atoms with E-state index in [4.69, 9.17) is 5.73 Å². The summed E-state index contributed by atoms with van der Waals surface area (Å²) in [6, 6.07) is 1.70. The van der Waals surface area contributed by atoms with E-state index in [9.17, 15) is 13.2 Å². The molecule has 0 amide bonds. The van der Waals surface area contributed by atoms with Gasteiger partial charge in [0.05, 0.1) is 11.6 Å². The number of aromatic nitrogens is 2. The maximum absolute atomic E-state index is 12.5. The molecule has 0 aliphatic carbocycles. The summed E-state index contributed by atoms with van der Waals surface area (Å²) >= 11 is 0. The Bertz CT molecular complexity index is 400. The van der Waals surface area contributed by atoms with Gasteiger partial charge in [-0.25, -0.2) is 9.97 Å². The normalized spacial score (nSPS) is 18.1. The van der Waals surface area contributed by atoms with Crippen LogP contribution < -0.4 is 10.6 Å². The number of nitrogens with two attached hydrogens (primary N) is 1. The van der Waals surface area contributed by atoms with Gasteiger partial charge in [-0.2, -0.15) is 13.2 Å². The zero-order chi connectivity index (χ0) is 13.2. The molecule has 4 nitrogen and oxygen atoms in total. The second kappa shape index (κ2) is 5.09. The van der Waals surface area contributed by atoms with Crippen molar-refractivity contribution in [3.63, 3.8) is 0 Å². The molecule has 18 heavy (non-hydrogen) atoms. The van der Waals surface area contributed by atoms with Crippen LogP contribution in [0.5, 0.6) is 0 Å². The SMILES string of the molecule is NCc1ccnc(N2CCC(C(F)(F)F)CC2)n1. The largest absolute Gasteiger partial charge is 0.391 e. The van der Waals surface area contributed by atoms with Gasteiger partial charge in [0.25, 0.3) is 0 Å². The third-order valence-corrected chi connectivity index (χ3v) is 3.15. The summed E-state index contributed by atoms with van der Waals surface area (Å²) in [7, 11) is 0. The Labute approximate surface area is 103 Å². The van der Waals surface area contributed by atoms with Crippen molar-refractivity contribution >= 4 is 5.95 Å². The lowest BCUT2D eigenvalue weighted by Gasteiger charge is -2.32. The van der Waals surface area contributed by atoms with Crippen LogP contribution in [0.2, 0.25) is 0 Å². The Morgan fingerprint density at radius 3 is 2.56 bits per heavy atom. The number of rotatable bonds is 2. The highest BCUT2D eigenvalue weighted by Gasteiger charge is 2.41. The third-order valence-electron chi connectivity index (χ3n) is 3.15. The minimum absolute atomic E-state index is 0.0969. The van der Waals surface area contributed by atoms with Gasteiger partial charge in [-0.15, -0.1) is 0 Å². The molecule has 0 radical (unpaired) electrons. The van der Waals surface area contributed by atoms with E-state index >= 15 is 0 Å². The molecule has 7 heteroatoms. The van der Waals surface area contributed by atoms with Crippen LogP contribution in [-0.4, -0.2) is 29.2 Å².